The Morgan fingerprint density at radius 2 is 1.75 bits per heavy atom. The summed E-state index contributed by atoms with van der Waals surface area (Å²) in [5.41, 5.74) is 7.63. The topological polar surface area (TPSA) is 118 Å². The van der Waals surface area contributed by atoms with E-state index in [1.165, 1.54) is 0 Å². The molecule has 0 saturated carbocycles. The van der Waals surface area contributed by atoms with Gasteiger partial charge in [0.1, 0.15) is 0 Å². The highest BCUT2D eigenvalue weighted by Crippen LogP contribution is 2.03. The zero-order valence-corrected chi connectivity index (χ0v) is 11.7. The number of benzene rings is 1. The minimum atomic E-state index is -3.64. The molecule has 0 unspecified atom stereocenters. The van der Waals surface area contributed by atoms with Gasteiger partial charge in [-0.1, -0.05) is 30.3 Å². The molecule has 7 nitrogen and oxygen atoms in total. The Bertz CT molecular complexity index is 557. The Morgan fingerprint density at radius 1 is 1.10 bits per heavy atom. The lowest BCUT2D eigenvalue weighted by atomic mass is 10.2. The molecule has 0 radical (unpaired) electrons. The number of amides is 2. The molecule has 8 heteroatoms. The third-order valence-electron chi connectivity index (χ3n) is 2.37. The normalized spacial score (nSPS) is 11.0. The average molecular weight is 299 g/mol. The quantitative estimate of drug-likeness (QED) is 0.576. The Kier molecular flexibility index (Phi) is 6.13. The Hall–Kier alpha value is -1.93. The number of sulfonamides is 1. The number of nitrogens with one attached hydrogen (secondary N) is 2. The second kappa shape index (κ2) is 7.61. The molecule has 0 aliphatic carbocycles. The van der Waals surface area contributed by atoms with Gasteiger partial charge in [0, 0.05) is 12.8 Å². The van der Waals surface area contributed by atoms with Crippen molar-refractivity contribution in [1.29, 1.82) is 0 Å². The van der Waals surface area contributed by atoms with Gasteiger partial charge in [-0.3, -0.25) is 15.0 Å². The number of hydrogen-bond acceptors (Lipinski definition) is 4. The van der Waals surface area contributed by atoms with Crippen LogP contribution in [0.4, 0.5) is 0 Å². The van der Waals surface area contributed by atoms with Crippen LogP contribution < -0.4 is 16.0 Å². The molecule has 20 heavy (non-hydrogen) atoms. The van der Waals surface area contributed by atoms with Crippen LogP contribution in [0.25, 0.3) is 0 Å². The number of hydrogen-bond donors (Lipinski definition) is 3. The zero-order valence-electron chi connectivity index (χ0n) is 10.8. The van der Waals surface area contributed by atoms with Gasteiger partial charge >= 0.3 is 0 Å². The Labute approximate surface area is 117 Å². The van der Waals surface area contributed by atoms with Crippen LogP contribution in [0, 0.1) is 0 Å². The molecule has 0 atom stereocenters. The number of rotatable bonds is 8. The van der Waals surface area contributed by atoms with Crippen LogP contribution in [-0.2, 0) is 25.4 Å². The largest absolute Gasteiger partial charge is 0.370 e. The van der Waals surface area contributed by atoms with E-state index < -0.39 is 21.8 Å². The van der Waals surface area contributed by atoms with Crippen molar-refractivity contribution in [3.63, 3.8) is 0 Å². The molecule has 0 aliphatic rings. The standard InChI is InChI=1S/C12H17N3O4S/c13-11(16)7-4-8-12(17)14-15-20(18,19)9-10-5-2-1-3-6-10/h1-3,5-6,15H,4,7-9H2,(H2,13,16)(H,14,17). The fraction of sp³-hybridized carbons (Fsp3) is 0.333. The van der Waals surface area contributed by atoms with Crippen molar-refractivity contribution in [2.45, 2.75) is 25.0 Å². The number of nitrogens with two attached hydrogens (primary N) is 1. The molecule has 0 aliphatic heterocycles. The van der Waals surface area contributed by atoms with Crippen LogP contribution >= 0.6 is 0 Å². The Morgan fingerprint density at radius 3 is 2.35 bits per heavy atom. The molecule has 0 saturated heterocycles. The maximum absolute atomic E-state index is 11.7. The highest BCUT2D eigenvalue weighted by atomic mass is 32.2. The lowest BCUT2D eigenvalue weighted by Gasteiger charge is -2.08. The molecule has 0 fully saturated rings. The molecule has 2 amide bonds. The van der Waals surface area contributed by atoms with E-state index in [4.69, 9.17) is 5.73 Å². The maximum Gasteiger partial charge on any atom is 0.234 e. The summed E-state index contributed by atoms with van der Waals surface area (Å²) in [5, 5.41) is 0. The van der Waals surface area contributed by atoms with Crippen LogP contribution in [0.5, 0.6) is 0 Å². The summed E-state index contributed by atoms with van der Waals surface area (Å²) >= 11 is 0. The van der Waals surface area contributed by atoms with E-state index in [1.807, 2.05) is 4.83 Å². The Balaban J connectivity index is 2.36. The van der Waals surface area contributed by atoms with E-state index in [-0.39, 0.29) is 25.0 Å². The number of primary amides is 1. The molecule has 0 bridgehead atoms. The van der Waals surface area contributed by atoms with E-state index in [0.717, 1.165) is 0 Å². The van der Waals surface area contributed by atoms with E-state index in [0.29, 0.717) is 5.56 Å². The summed E-state index contributed by atoms with van der Waals surface area (Å²) in [7, 11) is -3.64. The second-order valence-corrected chi connectivity index (χ2v) is 5.94. The minimum Gasteiger partial charge on any atom is -0.370 e. The van der Waals surface area contributed by atoms with E-state index in [1.54, 1.807) is 30.3 Å². The summed E-state index contributed by atoms with van der Waals surface area (Å²) in [6.07, 6.45) is 0.391. The number of hydrazine groups is 1. The molecule has 0 spiro atoms. The average Bonchev–Trinajstić information content (AvgIpc) is 2.37. The van der Waals surface area contributed by atoms with Crippen molar-refractivity contribution in [2.24, 2.45) is 5.73 Å². The fourth-order valence-electron chi connectivity index (χ4n) is 1.45. The van der Waals surface area contributed by atoms with Gasteiger partial charge in [0.2, 0.25) is 21.8 Å². The molecule has 0 heterocycles. The third kappa shape index (κ3) is 6.86. The van der Waals surface area contributed by atoms with Crippen LogP contribution in [0.1, 0.15) is 24.8 Å². The van der Waals surface area contributed by atoms with Crippen molar-refractivity contribution in [1.82, 2.24) is 10.3 Å². The van der Waals surface area contributed by atoms with Crippen molar-refractivity contribution in [3.05, 3.63) is 35.9 Å². The van der Waals surface area contributed by atoms with Crippen LogP contribution in [-0.4, -0.2) is 20.2 Å². The predicted octanol–water partition coefficient (Wildman–Crippen LogP) is -0.207. The molecule has 110 valence electrons. The van der Waals surface area contributed by atoms with Crippen molar-refractivity contribution in [3.8, 4) is 0 Å². The van der Waals surface area contributed by atoms with Gasteiger partial charge in [-0.05, 0) is 12.0 Å². The van der Waals surface area contributed by atoms with Gasteiger partial charge in [0.15, 0.2) is 0 Å². The fourth-order valence-corrected chi connectivity index (χ4v) is 2.42. The first-order chi connectivity index (χ1) is 9.39. The maximum atomic E-state index is 11.7. The first-order valence-electron chi connectivity index (χ1n) is 5.99. The highest BCUT2D eigenvalue weighted by Gasteiger charge is 2.12. The van der Waals surface area contributed by atoms with Gasteiger partial charge in [-0.25, -0.2) is 8.42 Å². The van der Waals surface area contributed by atoms with Gasteiger partial charge in [-0.15, -0.1) is 4.83 Å². The van der Waals surface area contributed by atoms with Crippen molar-refractivity contribution in [2.75, 3.05) is 0 Å². The van der Waals surface area contributed by atoms with E-state index in [2.05, 4.69) is 5.43 Å². The first kappa shape index (κ1) is 16.1. The van der Waals surface area contributed by atoms with Crippen LogP contribution in [0.3, 0.4) is 0 Å². The van der Waals surface area contributed by atoms with Gasteiger partial charge in [0.25, 0.3) is 0 Å². The van der Waals surface area contributed by atoms with Crippen molar-refractivity contribution >= 4 is 21.8 Å². The highest BCUT2D eigenvalue weighted by molar-refractivity contribution is 7.88. The first-order valence-corrected chi connectivity index (χ1v) is 7.65. The smallest absolute Gasteiger partial charge is 0.234 e. The lowest BCUT2D eigenvalue weighted by Crippen LogP contribution is -2.42. The number of carbonyl (C=O) groups is 2. The minimum absolute atomic E-state index is 0.0246. The number of carbonyl (C=O) groups excluding carboxylic acids is 2. The third-order valence-corrected chi connectivity index (χ3v) is 3.50. The molecule has 1 rings (SSSR count). The van der Waals surface area contributed by atoms with E-state index in [9.17, 15) is 18.0 Å². The molecular formula is C12H17N3O4S. The SMILES string of the molecule is NC(=O)CCCC(=O)NNS(=O)(=O)Cc1ccccc1. The van der Waals surface area contributed by atoms with Crippen molar-refractivity contribution < 1.29 is 18.0 Å². The summed E-state index contributed by atoms with van der Waals surface area (Å²) in [4.78, 5) is 23.8. The van der Waals surface area contributed by atoms with Gasteiger partial charge in [-0.2, -0.15) is 0 Å². The van der Waals surface area contributed by atoms with E-state index >= 15 is 0 Å². The molecule has 0 aromatic heterocycles. The molecule has 1 aromatic rings. The monoisotopic (exact) mass is 299 g/mol. The summed E-state index contributed by atoms with van der Waals surface area (Å²) in [6, 6.07) is 8.59. The van der Waals surface area contributed by atoms with Crippen LogP contribution in [0.2, 0.25) is 0 Å². The van der Waals surface area contributed by atoms with Crippen LogP contribution in [0.15, 0.2) is 30.3 Å². The lowest BCUT2D eigenvalue weighted by molar-refractivity contribution is -0.122. The summed E-state index contributed by atoms with van der Waals surface area (Å²) in [6.45, 7) is 0. The molecule has 4 N–H and O–H groups in total. The van der Waals surface area contributed by atoms with Gasteiger partial charge < -0.3 is 5.73 Å². The summed E-state index contributed by atoms with van der Waals surface area (Å²) in [5.74, 6) is -1.24. The zero-order chi connectivity index (χ0) is 15.0. The molecule has 1 aromatic carbocycles. The van der Waals surface area contributed by atoms with Gasteiger partial charge in [0.05, 0.1) is 5.75 Å². The molecular weight excluding hydrogens is 282 g/mol. The summed E-state index contributed by atoms with van der Waals surface area (Å²) < 4.78 is 23.4. The predicted molar refractivity (Wildman–Crippen MR) is 73.4 cm³/mol. The second-order valence-electron chi connectivity index (χ2n) is 4.21.